The van der Waals surface area contributed by atoms with Crippen LogP contribution in [0, 0.1) is 11.3 Å². The lowest BCUT2D eigenvalue weighted by atomic mass is 9.74. The fourth-order valence-electron chi connectivity index (χ4n) is 3.38. The van der Waals surface area contributed by atoms with Gasteiger partial charge in [-0.25, -0.2) is 0 Å². The van der Waals surface area contributed by atoms with Crippen LogP contribution in [-0.2, 0) is 20.9 Å². The molecule has 0 saturated carbocycles. The van der Waals surface area contributed by atoms with E-state index in [0.29, 0.717) is 13.0 Å². The van der Waals surface area contributed by atoms with Crippen LogP contribution >= 0.6 is 0 Å². The molecule has 1 aliphatic heterocycles. The molecule has 1 aromatic rings. The van der Waals surface area contributed by atoms with E-state index >= 15 is 0 Å². The Hall–Kier alpha value is -1.62. The second kappa shape index (κ2) is 7.18. The maximum absolute atomic E-state index is 13.2. The maximum atomic E-state index is 13.2. The van der Waals surface area contributed by atoms with Crippen molar-refractivity contribution in [1.29, 1.82) is 0 Å². The topological polar surface area (TPSA) is 46.6 Å². The van der Waals surface area contributed by atoms with Gasteiger partial charge in [0.2, 0.25) is 5.91 Å². The summed E-state index contributed by atoms with van der Waals surface area (Å²) in [5.74, 6) is -0.143. The number of carbonyl (C=O) groups excluding carboxylic acids is 2. The van der Waals surface area contributed by atoms with Crippen LogP contribution in [0.4, 0.5) is 0 Å². The predicted molar refractivity (Wildman–Crippen MR) is 107 cm³/mol. The molecule has 1 amide bonds. The molecule has 1 heterocycles. The van der Waals surface area contributed by atoms with Crippen molar-refractivity contribution in [2.75, 3.05) is 6.54 Å². The summed E-state index contributed by atoms with van der Waals surface area (Å²) in [6, 6.07) is 9.61. The molecule has 5 heteroatoms. The molecule has 1 fully saturated rings. The summed E-state index contributed by atoms with van der Waals surface area (Å²) < 4.78 is 7.57. The third kappa shape index (κ3) is 3.73. The first kappa shape index (κ1) is 20.7. The van der Waals surface area contributed by atoms with E-state index in [1.54, 1.807) is 0 Å². The van der Waals surface area contributed by atoms with Gasteiger partial charge in [-0.15, -0.1) is 0 Å². The van der Waals surface area contributed by atoms with Gasteiger partial charge in [0.05, 0.1) is 0 Å². The van der Waals surface area contributed by atoms with E-state index in [9.17, 15) is 9.59 Å². The Bertz CT molecular complexity index is 664. The highest BCUT2D eigenvalue weighted by molar-refractivity contribution is 6.80. The minimum atomic E-state index is -1.98. The van der Waals surface area contributed by atoms with Crippen molar-refractivity contribution < 1.29 is 14.3 Å². The molecule has 0 spiro atoms. The molecule has 4 nitrogen and oxygen atoms in total. The summed E-state index contributed by atoms with van der Waals surface area (Å²) >= 11 is 0. The third-order valence-corrected chi connectivity index (χ3v) is 11.3. The molecule has 0 unspecified atom stereocenters. The summed E-state index contributed by atoms with van der Waals surface area (Å²) in [6.45, 7) is 15.8. The fraction of sp³-hybridized carbons (Fsp3) is 0.619. The van der Waals surface area contributed by atoms with Gasteiger partial charge in [0.1, 0.15) is 6.61 Å². The predicted octanol–water partition coefficient (Wildman–Crippen LogP) is 4.61. The van der Waals surface area contributed by atoms with E-state index in [1.165, 1.54) is 0 Å². The first-order valence-electron chi connectivity index (χ1n) is 9.45. The first-order valence-corrected chi connectivity index (χ1v) is 12.4. The molecule has 1 saturated heterocycles. The number of carbonyl (C=O) groups is 2. The molecule has 2 rings (SSSR count). The van der Waals surface area contributed by atoms with Crippen LogP contribution in [0.1, 0.15) is 46.6 Å². The number of hydrogen-bond acceptors (Lipinski definition) is 3. The van der Waals surface area contributed by atoms with Crippen molar-refractivity contribution in [1.82, 2.24) is 4.57 Å². The van der Waals surface area contributed by atoms with Crippen LogP contribution in [0.25, 0.3) is 0 Å². The molecule has 144 valence electrons. The fourth-order valence-corrected chi connectivity index (χ4v) is 5.57. The number of ether oxygens (including phenoxy) is 1. The highest BCUT2D eigenvalue weighted by Crippen LogP contribution is 2.48. The van der Waals surface area contributed by atoms with Crippen LogP contribution < -0.4 is 0 Å². The molecule has 26 heavy (non-hydrogen) atoms. The number of hydrogen-bond donors (Lipinski definition) is 0. The number of rotatable bonds is 6. The summed E-state index contributed by atoms with van der Waals surface area (Å²) in [5, 5.41) is 0.0561. The lowest BCUT2D eigenvalue weighted by Crippen LogP contribution is -2.74. The van der Waals surface area contributed by atoms with Crippen molar-refractivity contribution in [3.05, 3.63) is 35.9 Å². The second-order valence-corrected chi connectivity index (χ2v) is 14.6. The molecule has 0 bridgehead atoms. The average molecular weight is 376 g/mol. The van der Waals surface area contributed by atoms with Crippen molar-refractivity contribution in [3.63, 3.8) is 0 Å². The molecule has 1 aromatic carbocycles. The summed E-state index contributed by atoms with van der Waals surface area (Å²) in [4.78, 5) is 26.2. The molecule has 1 aliphatic rings. The zero-order chi connectivity index (χ0) is 19.8. The summed E-state index contributed by atoms with van der Waals surface area (Å²) in [6.07, 6.45) is 0.546. The molecule has 0 aliphatic carbocycles. The Morgan fingerprint density at radius 3 is 2.27 bits per heavy atom. The van der Waals surface area contributed by atoms with Gasteiger partial charge in [-0.05, 0) is 22.9 Å². The Morgan fingerprint density at radius 1 is 1.23 bits per heavy atom. The van der Waals surface area contributed by atoms with Crippen molar-refractivity contribution in [3.8, 4) is 0 Å². The van der Waals surface area contributed by atoms with E-state index in [2.05, 4.69) is 47.7 Å². The summed E-state index contributed by atoms with van der Waals surface area (Å²) in [5.41, 5.74) is -0.0630. The van der Waals surface area contributed by atoms with Crippen LogP contribution in [0.2, 0.25) is 18.1 Å². The highest BCUT2D eigenvalue weighted by Gasteiger charge is 2.63. The number of esters is 1. The Morgan fingerprint density at radius 2 is 1.81 bits per heavy atom. The molecule has 0 N–H and O–H groups in total. The minimum Gasteiger partial charge on any atom is -0.460 e. The van der Waals surface area contributed by atoms with Crippen molar-refractivity contribution in [2.45, 2.75) is 65.8 Å². The van der Waals surface area contributed by atoms with E-state index < -0.39 is 13.7 Å². The Kier molecular flexibility index (Phi) is 5.71. The van der Waals surface area contributed by atoms with Gasteiger partial charge >= 0.3 is 5.97 Å². The van der Waals surface area contributed by atoms with E-state index in [-0.39, 0.29) is 29.4 Å². The number of nitrogens with zero attached hydrogens (tertiary/aromatic N) is 1. The van der Waals surface area contributed by atoms with Crippen LogP contribution in [0.3, 0.4) is 0 Å². The SMILES string of the molecule is CC(C)C[C@]1(C(=O)OCc2ccccc2)CN([Si](C)(C)C(C)(C)C)C1=O. The van der Waals surface area contributed by atoms with Gasteiger partial charge in [0.25, 0.3) is 0 Å². The molecule has 0 radical (unpaired) electrons. The standard InChI is InChI=1S/C21H33NO3Si/c1-16(2)13-21(19(24)25-14-17-11-9-8-10-12-17)15-22(18(21)23)26(6,7)20(3,4)5/h8-12,16H,13-15H2,1-7H3/t21-/m0/s1. The smallest absolute Gasteiger partial charge is 0.323 e. The monoisotopic (exact) mass is 375 g/mol. The zero-order valence-corrected chi connectivity index (χ0v) is 18.3. The van der Waals surface area contributed by atoms with Gasteiger partial charge in [-0.1, -0.05) is 78.0 Å². The lowest BCUT2D eigenvalue weighted by molar-refractivity contribution is -0.177. The average Bonchev–Trinajstić information content (AvgIpc) is 2.55. The normalized spacial score (nSPS) is 20.9. The van der Waals surface area contributed by atoms with Gasteiger partial charge in [0, 0.05) is 6.54 Å². The van der Waals surface area contributed by atoms with E-state index in [0.717, 1.165) is 5.56 Å². The van der Waals surface area contributed by atoms with Crippen molar-refractivity contribution >= 4 is 20.1 Å². The van der Waals surface area contributed by atoms with Crippen molar-refractivity contribution in [2.24, 2.45) is 11.3 Å². The van der Waals surface area contributed by atoms with E-state index in [4.69, 9.17) is 4.74 Å². The van der Waals surface area contributed by atoms with Gasteiger partial charge in [-0.3, -0.25) is 9.59 Å². The quantitative estimate of drug-likeness (QED) is 0.316. The number of amides is 1. The highest BCUT2D eigenvalue weighted by atomic mass is 28.3. The van der Waals surface area contributed by atoms with Crippen LogP contribution in [0.15, 0.2) is 30.3 Å². The maximum Gasteiger partial charge on any atom is 0.323 e. The second-order valence-electron chi connectivity index (χ2n) is 9.44. The summed E-state index contributed by atoms with van der Waals surface area (Å²) in [7, 11) is -1.98. The molecular weight excluding hydrogens is 342 g/mol. The third-order valence-electron chi connectivity index (χ3n) is 5.95. The largest absolute Gasteiger partial charge is 0.460 e. The molecule has 0 aromatic heterocycles. The minimum absolute atomic E-state index is 0.0316. The first-order chi connectivity index (χ1) is 11.9. The zero-order valence-electron chi connectivity index (χ0n) is 17.3. The number of benzene rings is 1. The Balaban J connectivity index is 2.17. The number of β-lactam (4-membered cyclic amide) rings is 1. The van der Waals surface area contributed by atoms with E-state index in [1.807, 2.05) is 34.9 Å². The Labute approximate surface area is 159 Å². The molecule has 1 atom stereocenters. The van der Waals surface area contributed by atoms with Crippen LogP contribution in [-0.4, -0.2) is 31.2 Å². The van der Waals surface area contributed by atoms with Gasteiger partial charge in [-0.2, -0.15) is 0 Å². The van der Waals surface area contributed by atoms with Crippen LogP contribution in [0.5, 0.6) is 0 Å². The van der Waals surface area contributed by atoms with Gasteiger partial charge < -0.3 is 9.30 Å². The van der Waals surface area contributed by atoms with Gasteiger partial charge in [0.15, 0.2) is 13.7 Å². The molecular formula is C21H33NO3Si. The lowest BCUT2D eigenvalue weighted by Gasteiger charge is -2.57.